The van der Waals surface area contributed by atoms with Crippen molar-refractivity contribution >= 4 is 28.4 Å². The second-order valence-electron chi connectivity index (χ2n) is 7.03. The first-order valence-corrected chi connectivity index (χ1v) is 9.36. The summed E-state index contributed by atoms with van der Waals surface area (Å²) in [4.78, 5) is 27.0. The number of H-pyrrole nitrogens is 1. The van der Waals surface area contributed by atoms with E-state index in [2.05, 4.69) is 10.3 Å². The SMILES string of the molecule is CCOc1cc2c(c3[nH]c(C(=O)Nc4cc(C(N)=O)c(F)cc4F)cc13)OC(C)C2. The Kier molecular flexibility index (Phi) is 4.81. The third-order valence-corrected chi connectivity index (χ3v) is 4.85. The van der Waals surface area contributed by atoms with E-state index in [0.717, 1.165) is 11.6 Å². The fourth-order valence-corrected chi connectivity index (χ4v) is 3.55. The van der Waals surface area contributed by atoms with Crippen molar-refractivity contribution in [3.05, 3.63) is 52.7 Å². The van der Waals surface area contributed by atoms with Gasteiger partial charge in [-0.1, -0.05) is 0 Å². The first-order chi connectivity index (χ1) is 14.3. The van der Waals surface area contributed by atoms with Gasteiger partial charge in [0.05, 0.1) is 23.4 Å². The van der Waals surface area contributed by atoms with Crippen LogP contribution in [0.4, 0.5) is 14.5 Å². The molecule has 1 aromatic heterocycles. The highest BCUT2D eigenvalue weighted by Crippen LogP contribution is 2.41. The van der Waals surface area contributed by atoms with Crippen LogP contribution in [0.15, 0.2) is 24.3 Å². The number of nitrogens with two attached hydrogens (primary N) is 1. The lowest BCUT2D eigenvalue weighted by Gasteiger charge is -2.08. The van der Waals surface area contributed by atoms with Crippen LogP contribution in [0, 0.1) is 11.6 Å². The van der Waals surface area contributed by atoms with Crippen LogP contribution >= 0.6 is 0 Å². The maximum absolute atomic E-state index is 14.1. The Morgan fingerprint density at radius 2 is 2.03 bits per heavy atom. The summed E-state index contributed by atoms with van der Waals surface area (Å²) < 4.78 is 39.3. The van der Waals surface area contributed by atoms with Gasteiger partial charge < -0.3 is 25.5 Å². The lowest BCUT2D eigenvalue weighted by Crippen LogP contribution is -2.17. The Morgan fingerprint density at radius 3 is 2.73 bits per heavy atom. The Balaban J connectivity index is 1.73. The number of benzene rings is 2. The summed E-state index contributed by atoms with van der Waals surface area (Å²) in [6, 6.07) is 4.82. The van der Waals surface area contributed by atoms with Crippen molar-refractivity contribution in [1.82, 2.24) is 4.98 Å². The summed E-state index contributed by atoms with van der Waals surface area (Å²) in [7, 11) is 0. The highest BCUT2D eigenvalue weighted by atomic mass is 19.1. The van der Waals surface area contributed by atoms with Crippen molar-refractivity contribution in [2.75, 3.05) is 11.9 Å². The minimum absolute atomic E-state index is 0.0128. The topological polar surface area (TPSA) is 106 Å². The molecular weight excluding hydrogens is 396 g/mol. The van der Waals surface area contributed by atoms with Crippen LogP contribution < -0.4 is 20.5 Å². The minimum Gasteiger partial charge on any atom is -0.493 e. The number of carbonyl (C=O) groups is 2. The summed E-state index contributed by atoms with van der Waals surface area (Å²) in [5.74, 6) is -2.65. The molecule has 0 spiro atoms. The summed E-state index contributed by atoms with van der Waals surface area (Å²) in [6.07, 6.45) is 0.698. The van der Waals surface area contributed by atoms with E-state index in [1.165, 1.54) is 0 Å². The van der Waals surface area contributed by atoms with Crippen molar-refractivity contribution < 1.29 is 27.8 Å². The normalized spacial score (nSPS) is 15.0. The summed E-state index contributed by atoms with van der Waals surface area (Å²) in [5, 5.41) is 2.98. The van der Waals surface area contributed by atoms with Crippen LogP contribution in [-0.2, 0) is 6.42 Å². The predicted octanol–water partition coefficient (Wildman–Crippen LogP) is 3.52. The molecule has 2 aromatic carbocycles. The standard InChI is InChI=1S/C21H19F2N3O4/c1-3-29-17-5-10-4-9(2)30-19(10)18-12(17)7-16(25-18)21(28)26-15-6-11(20(24)27)13(22)8-14(15)23/h5-9,25H,3-4H2,1-2H3,(H2,24,27)(H,26,28). The zero-order valence-corrected chi connectivity index (χ0v) is 16.3. The molecule has 1 aliphatic rings. The third-order valence-electron chi connectivity index (χ3n) is 4.85. The Morgan fingerprint density at radius 1 is 1.27 bits per heavy atom. The fraction of sp³-hybridized carbons (Fsp3) is 0.238. The molecule has 1 atom stereocenters. The predicted molar refractivity (Wildman–Crippen MR) is 106 cm³/mol. The Bertz CT molecular complexity index is 1190. The maximum Gasteiger partial charge on any atom is 0.272 e. The lowest BCUT2D eigenvalue weighted by atomic mass is 10.1. The number of nitrogens with one attached hydrogen (secondary N) is 2. The van der Waals surface area contributed by atoms with Crippen molar-refractivity contribution in [1.29, 1.82) is 0 Å². The number of ether oxygens (including phenoxy) is 2. The highest BCUT2D eigenvalue weighted by molar-refractivity contribution is 6.08. The van der Waals surface area contributed by atoms with Gasteiger partial charge in [-0.2, -0.15) is 0 Å². The third kappa shape index (κ3) is 3.32. The number of hydrogen-bond donors (Lipinski definition) is 3. The molecule has 0 saturated carbocycles. The monoisotopic (exact) mass is 415 g/mol. The van der Waals surface area contributed by atoms with Crippen molar-refractivity contribution in [2.45, 2.75) is 26.4 Å². The van der Waals surface area contributed by atoms with E-state index < -0.39 is 29.0 Å². The van der Waals surface area contributed by atoms with Crippen LogP contribution in [0.5, 0.6) is 11.5 Å². The first kappa shape index (κ1) is 19.7. The van der Waals surface area contributed by atoms with Crippen LogP contribution in [0.25, 0.3) is 10.9 Å². The summed E-state index contributed by atoms with van der Waals surface area (Å²) in [5.41, 5.74) is 5.87. The van der Waals surface area contributed by atoms with E-state index in [1.807, 2.05) is 19.9 Å². The number of aromatic amines is 1. The molecule has 4 N–H and O–H groups in total. The Labute approximate surface area is 170 Å². The van der Waals surface area contributed by atoms with Gasteiger partial charge in [0.25, 0.3) is 11.8 Å². The minimum atomic E-state index is -1.10. The van der Waals surface area contributed by atoms with E-state index >= 15 is 0 Å². The van der Waals surface area contributed by atoms with Crippen molar-refractivity contribution in [3.8, 4) is 11.5 Å². The average Bonchev–Trinajstić information content (AvgIpc) is 3.27. The van der Waals surface area contributed by atoms with Gasteiger partial charge in [0.15, 0.2) is 0 Å². The van der Waals surface area contributed by atoms with Gasteiger partial charge in [-0.3, -0.25) is 9.59 Å². The van der Waals surface area contributed by atoms with E-state index in [4.69, 9.17) is 15.2 Å². The number of halogens is 2. The highest BCUT2D eigenvalue weighted by Gasteiger charge is 2.26. The van der Waals surface area contributed by atoms with E-state index in [0.29, 0.717) is 41.5 Å². The molecule has 0 saturated heterocycles. The molecule has 0 radical (unpaired) electrons. The largest absolute Gasteiger partial charge is 0.493 e. The van der Waals surface area contributed by atoms with Crippen LogP contribution in [0.2, 0.25) is 0 Å². The molecule has 9 heteroatoms. The van der Waals surface area contributed by atoms with Crippen LogP contribution in [0.3, 0.4) is 0 Å². The van der Waals surface area contributed by atoms with E-state index in [9.17, 15) is 18.4 Å². The number of hydrogen-bond acceptors (Lipinski definition) is 4. The molecule has 0 bridgehead atoms. The van der Waals surface area contributed by atoms with Crippen LogP contribution in [-0.4, -0.2) is 29.5 Å². The van der Waals surface area contributed by atoms with Crippen LogP contribution in [0.1, 0.15) is 40.3 Å². The molecule has 2 amide bonds. The average molecular weight is 415 g/mol. The van der Waals surface area contributed by atoms with Gasteiger partial charge in [-0.15, -0.1) is 0 Å². The summed E-state index contributed by atoms with van der Waals surface area (Å²) in [6.45, 7) is 4.23. The molecule has 1 unspecified atom stereocenters. The number of rotatable bonds is 5. The smallest absolute Gasteiger partial charge is 0.272 e. The van der Waals surface area contributed by atoms with Gasteiger partial charge in [-0.25, -0.2) is 8.78 Å². The maximum atomic E-state index is 14.1. The quantitative estimate of drug-likeness (QED) is 0.593. The Hall–Kier alpha value is -3.62. The van der Waals surface area contributed by atoms with Gasteiger partial charge in [0, 0.05) is 23.4 Å². The number of fused-ring (bicyclic) bond motifs is 3. The van der Waals surface area contributed by atoms with E-state index in [-0.39, 0.29) is 17.5 Å². The number of primary amides is 1. The molecule has 4 rings (SSSR count). The van der Waals surface area contributed by atoms with Gasteiger partial charge in [0.2, 0.25) is 0 Å². The zero-order valence-electron chi connectivity index (χ0n) is 16.3. The molecule has 3 aromatic rings. The fourth-order valence-electron chi connectivity index (χ4n) is 3.55. The first-order valence-electron chi connectivity index (χ1n) is 9.36. The summed E-state index contributed by atoms with van der Waals surface area (Å²) >= 11 is 0. The molecule has 7 nitrogen and oxygen atoms in total. The molecule has 0 fully saturated rings. The number of carbonyl (C=O) groups excluding carboxylic acids is 2. The molecule has 30 heavy (non-hydrogen) atoms. The zero-order chi connectivity index (χ0) is 21.6. The number of anilines is 1. The molecule has 2 heterocycles. The molecule has 156 valence electrons. The number of aromatic nitrogens is 1. The second-order valence-corrected chi connectivity index (χ2v) is 7.03. The molecule has 0 aliphatic carbocycles. The molecule has 1 aliphatic heterocycles. The van der Waals surface area contributed by atoms with Gasteiger partial charge >= 0.3 is 0 Å². The van der Waals surface area contributed by atoms with Gasteiger partial charge in [-0.05, 0) is 32.0 Å². The van der Waals surface area contributed by atoms with Gasteiger partial charge in [0.1, 0.15) is 34.9 Å². The van der Waals surface area contributed by atoms with E-state index in [1.54, 1.807) is 6.07 Å². The van der Waals surface area contributed by atoms with Crippen molar-refractivity contribution in [2.24, 2.45) is 5.73 Å². The number of amides is 2. The lowest BCUT2D eigenvalue weighted by molar-refractivity contribution is 0.0992. The second kappa shape index (κ2) is 7.33. The molecular formula is C21H19F2N3O4. The van der Waals surface area contributed by atoms with Crippen molar-refractivity contribution in [3.63, 3.8) is 0 Å².